The van der Waals surface area contributed by atoms with Crippen molar-refractivity contribution in [3.05, 3.63) is 35.4 Å². The molecule has 0 aliphatic heterocycles. The molecular weight excluding hydrogens is 314 g/mol. The van der Waals surface area contributed by atoms with Crippen molar-refractivity contribution in [1.82, 2.24) is 5.32 Å². The van der Waals surface area contributed by atoms with Crippen LogP contribution in [0.15, 0.2) is 18.2 Å². The monoisotopic (exact) mass is 336 g/mol. The Bertz CT molecular complexity index is 483. The van der Waals surface area contributed by atoms with Gasteiger partial charge in [-0.3, -0.25) is 4.79 Å². The van der Waals surface area contributed by atoms with Crippen LogP contribution in [0.4, 0.5) is 8.78 Å². The first-order chi connectivity index (χ1) is 9.88. The molecule has 22 heavy (non-hydrogen) atoms. The molecule has 0 aromatic heterocycles. The summed E-state index contributed by atoms with van der Waals surface area (Å²) in [5.74, 6) is -1.65. The van der Waals surface area contributed by atoms with Crippen LogP contribution in [0.1, 0.15) is 31.9 Å². The van der Waals surface area contributed by atoms with Crippen LogP contribution in [0.5, 0.6) is 0 Å². The molecule has 0 aliphatic carbocycles. The van der Waals surface area contributed by atoms with E-state index in [1.807, 2.05) is 13.8 Å². The van der Waals surface area contributed by atoms with Gasteiger partial charge in [0.25, 0.3) is 0 Å². The molecule has 0 bridgehead atoms. The summed E-state index contributed by atoms with van der Waals surface area (Å²) in [4.78, 5) is 12.0. The van der Waals surface area contributed by atoms with Crippen molar-refractivity contribution in [2.45, 2.75) is 32.4 Å². The number of benzene rings is 1. The van der Waals surface area contributed by atoms with Crippen LogP contribution in [0.3, 0.4) is 0 Å². The number of amides is 1. The van der Waals surface area contributed by atoms with Crippen molar-refractivity contribution in [2.24, 2.45) is 11.7 Å². The smallest absolute Gasteiger partial charge is 0.223 e. The van der Waals surface area contributed by atoms with Crippen LogP contribution in [-0.4, -0.2) is 25.7 Å². The minimum absolute atomic E-state index is 0. The number of rotatable bonds is 7. The molecule has 0 spiro atoms. The summed E-state index contributed by atoms with van der Waals surface area (Å²) in [6, 6.07) is 2.81. The largest absolute Gasteiger partial charge is 0.380 e. The predicted molar refractivity (Wildman–Crippen MR) is 83.8 cm³/mol. The summed E-state index contributed by atoms with van der Waals surface area (Å²) < 4.78 is 31.9. The molecule has 0 radical (unpaired) electrons. The number of halogens is 3. The minimum Gasteiger partial charge on any atom is -0.380 e. The standard InChI is InChI=1S/C15H22F2N2O2.ClH/c1-9(2)15(12-5-4-10(16)6-13(12)17)19-14(20)7-11(8-18)21-3;/h4-6,9,11,15H,7-8,18H2,1-3H3,(H,19,20);1H. The van der Waals surface area contributed by atoms with Gasteiger partial charge in [0.05, 0.1) is 18.6 Å². The molecule has 4 nitrogen and oxygen atoms in total. The molecule has 0 heterocycles. The predicted octanol–water partition coefficient (Wildman–Crippen LogP) is 2.56. The number of carbonyl (C=O) groups excluding carboxylic acids is 1. The summed E-state index contributed by atoms with van der Waals surface area (Å²) in [5.41, 5.74) is 5.73. The fraction of sp³-hybridized carbons (Fsp3) is 0.533. The van der Waals surface area contributed by atoms with Crippen molar-refractivity contribution in [1.29, 1.82) is 0 Å². The van der Waals surface area contributed by atoms with Gasteiger partial charge in [-0.1, -0.05) is 19.9 Å². The highest BCUT2D eigenvalue weighted by Gasteiger charge is 2.23. The number of nitrogens with two attached hydrogens (primary N) is 1. The van der Waals surface area contributed by atoms with Gasteiger partial charge in [0.1, 0.15) is 11.6 Å². The van der Waals surface area contributed by atoms with E-state index in [-0.39, 0.29) is 48.9 Å². The van der Waals surface area contributed by atoms with Crippen molar-refractivity contribution >= 4 is 18.3 Å². The summed E-state index contributed by atoms with van der Waals surface area (Å²) >= 11 is 0. The molecule has 0 saturated carbocycles. The number of carbonyl (C=O) groups is 1. The molecular formula is C15H23ClF2N2O2. The van der Waals surface area contributed by atoms with Gasteiger partial charge in [0.2, 0.25) is 5.91 Å². The van der Waals surface area contributed by atoms with Crippen LogP contribution in [0.25, 0.3) is 0 Å². The molecule has 1 rings (SSSR count). The molecule has 126 valence electrons. The van der Waals surface area contributed by atoms with Gasteiger partial charge in [0, 0.05) is 25.3 Å². The summed E-state index contributed by atoms with van der Waals surface area (Å²) in [6.07, 6.45) is -0.283. The highest BCUT2D eigenvalue weighted by atomic mass is 35.5. The zero-order valence-corrected chi connectivity index (χ0v) is 13.8. The number of ether oxygens (including phenoxy) is 1. The highest BCUT2D eigenvalue weighted by Crippen LogP contribution is 2.25. The number of hydrogen-bond acceptors (Lipinski definition) is 3. The fourth-order valence-corrected chi connectivity index (χ4v) is 2.06. The van der Waals surface area contributed by atoms with E-state index in [1.54, 1.807) is 0 Å². The molecule has 0 fully saturated rings. The molecule has 0 saturated heterocycles. The average Bonchev–Trinajstić information content (AvgIpc) is 2.42. The van der Waals surface area contributed by atoms with E-state index in [0.29, 0.717) is 0 Å². The normalized spacial score (nSPS) is 13.4. The summed E-state index contributed by atoms with van der Waals surface area (Å²) in [6.45, 7) is 3.93. The molecule has 3 N–H and O–H groups in total. The molecule has 2 atom stereocenters. The SMILES string of the molecule is COC(CN)CC(=O)NC(c1ccc(F)cc1F)C(C)C.Cl. The number of methoxy groups -OCH3 is 1. The lowest BCUT2D eigenvalue weighted by Crippen LogP contribution is -2.36. The van der Waals surface area contributed by atoms with Gasteiger partial charge in [-0.2, -0.15) is 0 Å². The highest BCUT2D eigenvalue weighted by molar-refractivity contribution is 5.85. The Hall–Kier alpha value is -1.24. The minimum atomic E-state index is -0.670. The Labute approximate surface area is 135 Å². The molecule has 2 unspecified atom stereocenters. The van der Waals surface area contributed by atoms with E-state index < -0.39 is 17.7 Å². The van der Waals surface area contributed by atoms with Crippen molar-refractivity contribution in [3.8, 4) is 0 Å². The van der Waals surface area contributed by atoms with E-state index in [9.17, 15) is 13.6 Å². The first-order valence-corrected chi connectivity index (χ1v) is 6.86. The van der Waals surface area contributed by atoms with Crippen LogP contribution in [0, 0.1) is 17.6 Å². The van der Waals surface area contributed by atoms with Gasteiger partial charge < -0.3 is 15.8 Å². The van der Waals surface area contributed by atoms with Crippen LogP contribution >= 0.6 is 12.4 Å². The van der Waals surface area contributed by atoms with Gasteiger partial charge >= 0.3 is 0 Å². The summed E-state index contributed by atoms with van der Waals surface area (Å²) in [7, 11) is 1.48. The van der Waals surface area contributed by atoms with Crippen LogP contribution < -0.4 is 11.1 Å². The van der Waals surface area contributed by atoms with E-state index in [0.717, 1.165) is 6.07 Å². The van der Waals surface area contributed by atoms with E-state index in [4.69, 9.17) is 10.5 Å². The second kappa shape index (κ2) is 9.71. The van der Waals surface area contributed by atoms with E-state index >= 15 is 0 Å². The van der Waals surface area contributed by atoms with E-state index in [1.165, 1.54) is 19.2 Å². The summed E-state index contributed by atoms with van der Waals surface area (Å²) in [5, 5.41) is 2.76. The molecule has 7 heteroatoms. The van der Waals surface area contributed by atoms with Crippen molar-refractivity contribution in [2.75, 3.05) is 13.7 Å². The lowest BCUT2D eigenvalue weighted by Gasteiger charge is -2.24. The van der Waals surface area contributed by atoms with Gasteiger partial charge in [0.15, 0.2) is 0 Å². The maximum atomic E-state index is 13.9. The number of nitrogens with one attached hydrogen (secondary N) is 1. The van der Waals surface area contributed by atoms with Gasteiger partial charge in [-0.15, -0.1) is 12.4 Å². The Morgan fingerprint density at radius 1 is 1.36 bits per heavy atom. The Balaban J connectivity index is 0.00000441. The van der Waals surface area contributed by atoms with Crippen molar-refractivity contribution < 1.29 is 18.3 Å². The average molecular weight is 337 g/mol. The Morgan fingerprint density at radius 3 is 2.45 bits per heavy atom. The topological polar surface area (TPSA) is 64.3 Å². The lowest BCUT2D eigenvalue weighted by molar-refractivity contribution is -0.124. The Kier molecular flexibility index (Phi) is 9.16. The quantitative estimate of drug-likeness (QED) is 0.804. The second-order valence-corrected chi connectivity index (χ2v) is 5.25. The molecule has 1 aromatic carbocycles. The van der Waals surface area contributed by atoms with E-state index in [2.05, 4.69) is 5.32 Å². The zero-order chi connectivity index (χ0) is 16.0. The van der Waals surface area contributed by atoms with Crippen LogP contribution in [-0.2, 0) is 9.53 Å². The zero-order valence-electron chi connectivity index (χ0n) is 12.9. The third-order valence-electron chi connectivity index (χ3n) is 3.29. The first kappa shape index (κ1) is 20.8. The first-order valence-electron chi connectivity index (χ1n) is 6.86. The van der Waals surface area contributed by atoms with Crippen LogP contribution in [0.2, 0.25) is 0 Å². The van der Waals surface area contributed by atoms with Gasteiger partial charge in [-0.25, -0.2) is 8.78 Å². The molecule has 0 aliphatic rings. The third-order valence-corrected chi connectivity index (χ3v) is 3.29. The third kappa shape index (κ3) is 5.87. The van der Waals surface area contributed by atoms with Crippen molar-refractivity contribution in [3.63, 3.8) is 0 Å². The Morgan fingerprint density at radius 2 is 2.00 bits per heavy atom. The fourth-order valence-electron chi connectivity index (χ4n) is 2.06. The maximum Gasteiger partial charge on any atom is 0.223 e. The molecule has 1 amide bonds. The number of hydrogen-bond donors (Lipinski definition) is 2. The molecule has 1 aromatic rings. The second-order valence-electron chi connectivity index (χ2n) is 5.25. The van der Waals surface area contributed by atoms with Gasteiger partial charge in [-0.05, 0) is 12.0 Å². The lowest BCUT2D eigenvalue weighted by atomic mass is 9.95. The maximum absolute atomic E-state index is 13.9.